The minimum atomic E-state index is -3.33. The molecule has 1 heterocycles. The smallest absolute Gasteiger partial charge is 0.251 e. The molecule has 1 N–H and O–H groups in total. The number of nitrogens with zero attached hydrogens (tertiary/aromatic N) is 1. The first-order valence-corrected chi connectivity index (χ1v) is 11.3. The molecule has 150 valence electrons. The molecule has 3 rings (SSSR count). The molecule has 28 heavy (non-hydrogen) atoms. The Hall–Kier alpha value is -2.34. The summed E-state index contributed by atoms with van der Waals surface area (Å²) >= 11 is 0. The van der Waals surface area contributed by atoms with Crippen molar-refractivity contribution in [2.75, 3.05) is 10.6 Å². The quantitative estimate of drug-likeness (QED) is 0.849. The maximum atomic E-state index is 12.8. The molecule has 0 aromatic heterocycles. The van der Waals surface area contributed by atoms with Crippen molar-refractivity contribution in [3.8, 4) is 0 Å². The summed E-state index contributed by atoms with van der Waals surface area (Å²) in [4.78, 5) is 12.8. The summed E-state index contributed by atoms with van der Waals surface area (Å²) in [5.74, 6) is -0.154. The number of fused-ring (bicyclic) bond motifs is 1. The highest BCUT2D eigenvalue weighted by molar-refractivity contribution is 7.92. The Labute approximate surface area is 167 Å². The molecule has 1 amide bonds. The number of benzene rings is 2. The van der Waals surface area contributed by atoms with E-state index < -0.39 is 10.0 Å². The number of carbonyl (C=O) groups excluding carboxylic acids is 1. The van der Waals surface area contributed by atoms with Gasteiger partial charge in [-0.3, -0.25) is 9.10 Å². The van der Waals surface area contributed by atoms with Gasteiger partial charge in [-0.1, -0.05) is 12.1 Å². The predicted octanol–water partition coefficient (Wildman–Crippen LogP) is 3.81. The van der Waals surface area contributed by atoms with Gasteiger partial charge in [0.05, 0.1) is 18.0 Å². The SMILES string of the molecule is Cc1cc(C)c([C@H](C)NC(=O)c2ccc3c(c2)C[C@@H](C)N3S(C)(=O)=O)cc1C. The highest BCUT2D eigenvalue weighted by atomic mass is 32.2. The third-order valence-corrected chi connectivity index (χ3v) is 6.82. The van der Waals surface area contributed by atoms with Gasteiger partial charge in [-0.2, -0.15) is 0 Å². The first kappa shape index (κ1) is 20.4. The minimum Gasteiger partial charge on any atom is -0.346 e. The van der Waals surface area contributed by atoms with Crippen LogP contribution in [0.15, 0.2) is 30.3 Å². The number of sulfonamides is 1. The van der Waals surface area contributed by atoms with Gasteiger partial charge in [0.15, 0.2) is 0 Å². The van der Waals surface area contributed by atoms with Crippen molar-refractivity contribution in [1.82, 2.24) is 5.32 Å². The van der Waals surface area contributed by atoms with Crippen LogP contribution < -0.4 is 9.62 Å². The lowest BCUT2D eigenvalue weighted by molar-refractivity contribution is 0.0939. The summed E-state index contributed by atoms with van der Waals surface area (Å²) in [5, 5.41) is 3.07. The fraction of sp³-hybridized carbons (Fsp3) is 0.409. The Morgan fingerprint density at radius 3 is 2.39 bits per heavy atom. The summed E-state index contributed by atoms with van der Waals surface area (Å²) in [6, 6.07) is 9.26. The van der Waals surface area contributed by atoms with E-state index in [-0.39, 0.29) is 18.0 Å². The van der Waals surface area contributed by atoms with Crippen LogP contribution in [-0.2, 0) is 16.4 Å². The number of hydrogen-bond acceptors (Lipinski definition) is 3. The van der Waals surface area contributed by atoms with E-state index in [0.717, 1.165) is 16.7 Å². The number of aryl methyl sites for hydroxylation is 3. The van der Waals surface area contributed by atoms with Crippen molar-refractivity contribution in [2.24, 2.45) is 0 Å². The van der Waals surface area contributed by atoms with Gasteiger partial charge in [0.2, 0.25) is 10.0 Å². The first-order valence-electron chi connectivity index (χ1n) is 9.50. The van der Waals surface area contributed by atoms with E-state index in [2.05, 4.69) is 38.2 Å². The largest absolute Gasteiger partial charge is 0.346 e. The Kier molecular flexibility index (Phi) is 5.28. The third-order valence-electron chi connectivity index (χ3n) is 5.55. The van der Waals surface area contributed by atoms with Crippen LogP contribution in [0.25, 0.3) is 0 Å². The second-order valence-corrected chi connectivity index (χ2v) is 9.80. The van der Waals surface area contributed by atoms with Crippen molar-refractivity contribution in [3.05, 3.63) is 63.7 Å². The summed E-state index contributed by atoms with van der Waals surface area (Å²) in [7, 11) is -3.33. The van der Waals surface area contributed by atoms with Crippen LogP contribution in [0, 0.1) is 20.8 Å². The van der Waals surface area contributed by atoms with Crippen molar-refractivity contribution in [2.45, 2.75) is 53.1 Å². The normalized spacial score (nSPS) is 17.4. The number of amides is 1. The Balaban J connectivity index is 1.83. The predicted molar refractivity (Wildman–Crippen MR) is 113 cm³/mol. The van der Waals surface area contributed by atoms with E-state index in [1.54, 1.807) is 12.1 Å². The average molecular weight is 401 g/mol. The number of anilines is 1. The van der Waals surface area contributed by atoms with Crippen molar-refractivity contribution in [3.63, 3.8) is 0 Å². The highest BCUT2D eigenvalue weighted by Gasteiger charge is 2.32. The second kappa shape index (κ2) is 7.24. The van der Waals surface area contributed by atoms with Gasteiger partial charge in [-0.25, -0.2) is 8.42 Å². The van der Waals surface area contributed by atoms with Gasteiger partial charge in [-0.15, -0.1) is 0 Å². The molecule has 0 radical (unpaired) electrons. The van der Waals surface area contributed by atoms with Gasteiger partial charge in [0.1, 0.15) is 0 Å². The Morgan fingerprint density at radius 1 is 1.11 bits per heavy atom. The fourth-order valence-corrected chi connectivity index (χ4v) is 5.32. The highest BCUT2D eigenvalue weighted by Crippen LogP contribution is 2.34. The number of rotatable bonds is 4. The van der Waals surface area contributed by atoms with Crippen LogP contribution in [0.2, 0.25) is 0 Å². The lowest BCUT2D eigenvalue weighted by Gasteiger charge is -2.22. The molecule has 2 aromatic rings. The van der Waals surface area contributed by atoms with Gasteiger partial charge in [0.25, 0.3) is 5.91 Å². The molecule has 0 unspecified atom stereocenters. The van der Waals surface area contributed by atoms with Gasteiger partial charge < -0.3 is 5.32 Å². The van der Waals surface area contributed by atoms with Crippen LogP contribution in [0.3, 0.4) is 0 Å². The molecule has 2 atom stereocenters. The maximum Gasteiger partial charge on any atom is 0.251 e. The van der Waals surface area contributed by atoms with E-state index in [4.69, 9.17) is 0 Å². The van der Waals surface area contributed by atoms with Gasteiger partial charge in [0, 0.05) is 11.6 Å². The number of nitrogens with one attached hydrogen (secondary N) is 1. The third kappa shape index (κ3) is 3.78. The van der Waals surface area contributed by atoms with Crippen molar-refractivity contribution in [1.29, 1.82) is 0 Å². The lowest BCUT2D eigenvalue weighted by atomic mass is 9.96. The molecule has 0 aliphatic carbocycles. The van der Waals surface area contributed by atoms with Gasteiger partial charge in [-0.05, 0) is 87.1 Å². The lowest BCUT2D eigenvalue weighted by Crippen LogP contribution is -2.34. The molecule has 0 spiro atoms. The second-order valence-electron chi connectivity index (χ2n) is 7.94. The molecule has 5 nitrogen and oxygen atoms in total. The van der Waals surface area contributed by atoms with E-state index >= 15 is 0 Å². The zero-order valence-electron chi connectivity index (χ0n) is 17.3. The van der Waals surface area contributed by atoms with E-state index in [1.165, 1.54) is 21.7 Å². The van der Waals surface area contributed by atoms with Crippen LogP contribution in [0.1, 0.15) is 58.1 Å². The average Bonchev–Trinajstić information content (AvgIpc) is 2.92. The van der Waals surface area contributed by atoms with E-state index in [1.807, 2.05) is 19.9 Å². The summed E-state index contributed by atoms with van der Waals surface area (Å²) in [6.07, 6.45) is 1.82. The molecule has 0 saturated heterocycles. The maximum absolute atomic E-state index is 12.8. The van der Waals surface area contributed by atoms with Crippen molar-refractivity contribution >= 4 is 21.6 Å². The summed E-state index contributed by atoms with van der Waals surface area (Å²) in [5.41, 5.74) is 6.81. The molecule has 2 aromatic carbocycles. The molecule has 1 aliphatic rings. The Bertz CT molecular complexity index is 1040. The zero-order chi connectivity index (χ0) is 20.8. The fourth-order valence-electron chi connectivity index (χ4n) is 4.06. The van der Waals surface area contributed by atoms with Crippen LogP contribution in [-0.4, -0.2) is 26.6 Å². The Morgan fingerprint density at radius 2 is 1.75 bits per heavy atom. The summed E-state index contributed by atoms with van der Waals surface area (Å²) in [6.45, 7) is 10.1. The molecular weight excluding hydrogens is 372 g/mol. The first-order chi connectivity index (χ1) is 13.0. The van der Waals surface area contributed by atoms with E-state index in [0.29, 0.717) is 17.7 Å². The van der Waals surface area contributed by atoms with Crippen LogP contribution >= 0.6 is 0 Å². The number of carbonyl (C=O) groups is 1. The molecule has 1 aliphatic heterocycles. The summed E-state index contributed by atoms with van der Waals surface area (Å²) < 4.78 is 25.6. The van der Waals surface area contributed by atoms with Crippen LogP contribution in [0.4, 0.5) is 5.69 Å². The minimum absolute atomic E-state index is 0.119. The van der Waals surface area contributed by atoms with E-state index in [9.17, 15) is 13.2 Å². The van der Waals surface area contributed by atoms with Crippen LogP contribution in [0.5, 0.6) is 0 Å². The molecular formula is C22H28N2O3S. The zero-order valence-corrected chi connectivity index (χ0v) is 18.1. The van der Waals surface area contributed by atoms with Crippen molar-refractivity contribution < 1.29 is 13.2 Å². The number of hydrogen-bond donors (Lipinski definition) is 1. The molecule has 0 bridgehead atoms. The standard InChI is InChI=1S/C22H28N2O3S/c1-13-9-15(3)20(10-14(13)2)17(5)23-22(25)18-7-8-21-19(12-18)11-16(4)24(21)28(6,26)27/h7-10,12,16-17H,11H2,1-6H3,(H,23,25)/t16-,17+/m1/s1. The molecule has 0 fully saturated rings. The molecule has 0 saturated carbocycles. The molecule has 6 heteroatoms. The topological polar surface area (TPSA) is 66.5 Å². The van der Waals surface area contributed by atoms with Gasteiger partial charge >= 0.3 is 0 Å². The monoisotopic (exact) mass is 400 g/mol.